The lowest BCUT2D eigenvalue weighted by Crippen LogP contribution is -2.05. The summed E-state index contributed by atoms with van der Waals surface area (Å²) in [6.45, 7) is 7.86. The molecule has 0 saturated heterocycles. The summed E-state index contributed by atoms with van der Waals surface area (Å²) in [6, 6.07) is 9.45. The van der Waals surface area contributed by atoms with Crippen LogP contribution in [-0.4, -0.2) is 25.3 Å². The summed E-state index contributed by atoms with van der Waals surface area (Å²) in [5, 5.41) is 36.7. The van der Waals surface area contributed by atoms with Crippen molar-refractivity contribution in [3.63, 3.8) is 0 Å². The maximum Gasteiger partial charge on any atom is 0.144 e. The summed E-state index contributed by atoms with van der Waals surface area (Å²) < 4.78 is 5.90. The standard InChI is InChI=1S/C17H18N2O2.C9H13NO2/c1-3-16-15(10-20)9-19-12(2)17(16)21-11-14-6-4-5-13(7-14)8-18;1-3-8-7(5-11)4-10-6(2)9(8)12/h4-7,9,20H,3,10-11H2,1-2H3;4,11-12H,3,5H2,1-2H3. The minimum Gasteiger partial charge on any atom is -0.506 e. The predicted molar refractivity (Wildman–Crippen MR) is 126 cm³/mol. The Morgan fingerprint density at radius 2 is 1.55 bits per heavy atom. The molecule has 0 atom stereocenters. The molecule has 0 bridgehead atoms. The van der Waals surface area contributed by atoms with E-state index < -0.39 is 0 Å². The Bertz CT molecular complexity index is 1120. The maximum absolute atomic E-state index is 9.54. The zero-order valence-electron chi connectivity index (χ0n) is 19.6. The minimum absolute atomic E-state index is 0.0449. The molecule has 0 spiro atoms. The van der Waals surface area contributed by atoms with Crippen LogP contribution in [0.1, 0.15) is 58.6 Å². The van der Waals surface area contributed by atoms with Crippen LogP contribution in [0.3, 0.4) is 0 Å². The lowest BCUT2D eigenvalue weighted by Gasteiger charge is -2.15. The zero-order chi connectivity index (χ0) is 24.4. The average molecular weight is 450 g/mol. The number of hydrogen-bond donors (Lipinski definition) is 3. The van der Waals surface area contributed by atoms with Crippen LogP contribution in [0.15, 0.2) is 36.7 Å². The van der Waals surface area contributed by atoms with Crippen LogP contribution >= 0.6 is 0 Å². The third-order valence-corrected chi connectivity index (χ3v) is 5.32. The molecular formula is C26H31N3O4. The molecule has 0 fully saturated rings. The lowest BCUT2D eigenvalue weighted by atomic mass is 10.1. The third kappa shape index (κ3) is 6.51. The van der Waals surface area contributed by atoms with E-state index in [-0.39, 0.29) is 19.0 Å². The normalized spacial score (nSPS) is 10.2. The Labute approximate surface area is 195 Å². The maximum atomic E-state index is 9.54. The van der Waals surface area contributed by atoms with Crippen LogP contribution in [0, 0.1) is 25.2 Å². The number of aliphatic hydroxyl groups is 2. The molecule has 7 nitrogen and oxygen atoms in total. The highest BCUT2D eigenvalue weighted by Crippen LogP contribution is 2.27. The highest BCUT2D eigenvalue weighted by molar-refractivity contribution is 5.42. The van der Waals surface area contributed by atoms with Gasteiger partial charge in [0.1, 0.15) is 18.1 Å². The van der Waals surface area contributed by atoms with E-state index in [1.165, 1.54) is 0 Å². The molecule has 0 aliphatic rings. The molecular weight excluding hydrogens is 418 g/mol. The number of benzene rings is 1. The summed E-state index contributed by atoms with van der Waals surface area (Å²) in [5.74, 6) is 0.940. The summed E-state index contributed by atoms with van der Waals surface area (Å²) in [5.41, 5.74) is 6.26. The van der Waals surface area contributed by atoms with E-state index >= 15 is 0 Å². The van der Waals surface area contributed by atoms with E-state index in [1.807, 2.05) is 39.0 Å². The van der Waals surface area contributed by atoms with Crippen molar-refractivity contribution in [2.75, 3.05) is 0 Å². The topological polar surface area (TPSA) is 119 Å². The molecule has 33 heavy (non-hydrogen) atoms. The van der Waals surface area contributed by atoms with Gasteiger partial charge < -0.3 is 20.1 Å². The quantitative estimate of drug-likeness (QED) is 0.498. The third-order valence-electron chi connectivity index (χ3n) is 5.32. The van der Waals surface area contributed by atoms with E-state index in [2.05, 4.69) is 16.0 Å². The SMILES string of the molecule is CCc1c(CO)cnc(C)c1O.CCc1c(CO)cnc(C)c1OCc1cccc(C#N)c1. The Morgan fingerprint density at radius 3 is 2.12 bits per heavy atom. The Kier molecular flexibility index (Phi) is 9.80. The number of ether oxygens (including phenoxy) is 1. The van der Waals surface area contributed by atoms with E-state index in [4.69, 9.17) is 15.1 Å². The molecule has 3 N–H and O–H groups in total. The number of hydrogen-bond acceptors (Lipinski definition) is 7. The van der Waals surface area contributed by atoms with Crippen LogP contribution in [0.4, 0.5) is 0 Å². The molecule has 3 aromatic rings. The summed E-state index contributed by atoms with van der Waals surface area (Å²) >= 11 is 0. The van der Waals surface area contributed by atoms with Gasteiger partial charge in [-0.05, 0) is 44.4 Å². The summed E-state index contributed by atoms with van der Waals surface area (Å²) in [4.78, 5) is 8.22. The second kappa shape index (κ2) is 12.5. The Hall–Kier alpha value is -3.47. The second-order valence-electron chi connectivity index (χ2n) is 7.50. The molecule has 0 amide bonds. The van der Waals surface area contributed by atoms with E-state index in [9.17, 15) is 10.2 Å². The van der Waals surface area contributed by atoms with Gasteiger partial charge in [-0.1, -0.05) is 26.0 Å². The monoisotopic (exact) mass is 449 g/mol. The van der Waals surface area contributed by atoms with Gasteiger partial charge >= 0.3 is 0 Å². The minimum atomic E-state index is -0.0655. The number of nitrogens with zero attached hydrogens (tertiary/aromatic N) is 3. The largest absolute Gasteiger partial charge is 0.506 e. The van der Waals surface area contributed by atoms with E-state index in [0.717, 1.165) is 40.1 Å². The fourth-order valence-electron chi connectivity index (χ4n) is 3.49. The zero-order valence-corrected chi connectivity index (χ0v) is 19.6. The number of aromatic hydroxyl groups is 1. The van der Waals surface area contributed by atoms with Crippen LogP contribution in [-0.2, 0) is 32.7 Å². The van der Waals surface area contributed by atoms with Crippen molar-refractivity contribution >= 4 is 0 Å². The van der Waals surface area contributed by atoms with Crippen molar-refractivity contribution < 1.29 is 20.1 Å². The molecule has 0 radical (unpaired) electrons. The molecule has 0 aliphatic heterocycles. The fourth-order valence-corrected chi connectivity index (χ4v) is 3.49. The first kappa shape index (κ1) is 25.8. The first-order chi connectivity index (χ1) is 15.9. The predicted octanol–water partition coefficient (Wildman–Crippen LogP) is 4.05. The highest BCUT2D eigenvalue weighted by Gasteiger charge is 2.12. The Morgan fingerprint density at radius 1 is 0.939 bits per heavy atom. The molecule has 174 valence electrons. The van der Waals surface area contributed by atoms with Gasteiger partial charge in [0.05, 0.1) is 36.2 Å². The molecule has 2 heterocycles. The Balaban J connectivity index is 0.000000273. The van der Waals surface area contributed by atoms with Crippen LogP contribution in [0.2, 0.25) is 0 Å². The molecule has 3 rings (SSSR count). The van der Waals surface area contributed by atoms with E-state index in [0.29, 0.717) is 29.8 Å². The number of aryl methyl sites for hydroxylation is 2. The van der Waals surface area contributed by atoms with Gasteiger partial charge in [0.2, 0.25) is 0 Å². The number of rotatable bonds is 7. The van der Waals surface area contributed by atoms with E-state index in [1.54, 1.807) is 25.4 Å². The van der Waals surface area contributed by atoms with Gasteiger partial charge in [0.15, 0.2) is 0 Å². The van der Waals surface area contributed by atoms with Gasteiger partial charge in [-0.3, -0.25) is 9.97 Å². The fraction of sp³-hybridized carbons (Fsp3) is 0.346. The van der Waals surface area contributed by atoms with Crippen molar-refractivity contribution in [3.8, 4) is 17.6 Å². The molecule has 1 aromatic carbocycles. The molecule has 7 heteroatoms. The number of aromatic nitrogens is 2. The molecule has 0 unspecified atom stereocenters. The summed E-state index contributed by atoms with van der Waals surface area (Å²) in [7, 11) is 0. The van der Waals surface area contributed by atoms with Gasteiger partial charge in [0.25, 0.3) is 0 Å². The molecule has 2 aromatic heterocycles. The number of pyridine rings is 2. The number of aliphatic hydroxyl groups excluding tert-OH is 2. The van der Waals surface area contributed by atoms with Crippen molar-refractivity contribution in [3.05, 3.63) is 81.4 Å². The van der Waals surface area contributed by atoms with Gasteiger partial charge in [-0.25, -0.2) is 0 Å². The van der Waals surface area contributed by atoms with Crippen molar-refractivity contribution in [2.24, 2.45) is 0 Å². The van der Waals surface area contributed by atoms with Gasteiger partial charge in [-0.15, -0.1) is 0 Å². The lowest BCUT2D eigenvalue weighted by molar-refractivity contribution is 0.273. The summed E-state index contributed by atoms with van der Waals surface area (Å²) in [6.07, 6.45) is 4.78. The van der Waals surface area contributed by atoms with Crippen LogP contribution < -0.4 is 4.74 Å². The highest BCUT2D eigenvalue weighted by atomic mass is 16.5. The van der Waals surface area contributed by atoms with Gasteiger partial charge in [-0.2, -0.15) is 5.26 Å². The van der Waals surface area contributed by atoms with Crippen LogP contribution in [0.5, 0.6) is 11.5 Å². The van der Waals surface area contributed by atoms with Crippen molar-refractivity contribution in [2.45, 2.75) is 60.4 Å². The van der Waals surface area contributed by atoms with Crippen molar-refractivity contribution in [1.82, 2.24) is 9.97 Å². The average Bonchev–Trinajstić information content (AvgIpc) is 2.85. The first-order valence-corrected chi connectivity index (χ1v) is 10.9. The molecule has 0 aliphatic carbocycles. The smallest absolute Gasteiger partial charge is 0.144 e. The molecule has 0 saturated carbocycles. The first-order valence-electron chi connectivity index (χ1n) is 10.9. The number of nitriles is 1. The van der Waals surface area contributed by atoms with Crippen molar-refractivity contribution in [1.29, 1.82) is 5.26 Å². The van der Waals surface area contributed by atoms with Gasteiger partial charge in [0, 0.05) is 34.6 Å². The second-order valence-corrected chi connectivity index (χ2v) is 7.50. The van der Waals surface area contributed by atoms with Crippen LogP contribution in [0.25, 0.3) is 0 Å².